The predicted octanol–water partition coefficient (Wildman–Crippen LogP) is 2.19. The highest BCUT2D eigenvalue weighted by atomic mass is 35.5. The number of nitrogens with one attached hydrogen (secondary N) is 2. The van der Waals surface area contributed by atoms with Crippen LogP contribution in [0.4, 0.5) is 11.4 Å². The Hall–Kier alpha value is -1.66. The van der Waals surface area contributed by atoms with E-state index in [0.29, 0.717) is 6.54 Å². The standard InChI is InChI=1S/C11H14ClN3O3/c1-2-13-6-5-11(16)14-9-4-3-8(12)7-10(9)15(17)18/h3-4,7,13H,2,5-6H2,1H3,(H,14,16). The van der Waals surface area contributed by atoms with E-state index < -0.39 is 4.92 Å². The Balaban J connectivity index is 2.72. The highest BCUT2D eigenvalue weighted by molar-refractivity contribution is 6.31. The van der Waals surface area contributed by atoms with Crippen LogP contribution in [-0.4, -0.2) is 23.9 Å². The second-order valence-electron chi connectivity index (χ2n) is 3.57. The number of carbonyl (C=O) groups excluding carboxylic acids is 1. The van der Waals surface area contributed by atoms with Gasteiger partial charge >= 0.3 is 0 Å². The molecule has 1 aromatic rings. The van der Waals surface area contributed by atoms with Crippen LogP contribution in [0, 0.1) is 10.1 Å². The number of carbonyl (C=O) groups is 1. The van der Waals surface area contributed by atoms with Gasteiger partial charge in [0, 0.05) is 24.1 Å². The normalized spacial score (nSPS) is 10.1. The van der Waals surface area contributed by atoms with Crippen LogP contribution in [0.2, 0.25) is 5.02 Å². The van der Waals surface area contributed by atoms with Crippen molar-refractivity contribution in [2.75, 3.05) is 18.4 Å². The third-order valence-corrected chi connectivity index (χ3v) is 2.44. The van der Waals surface area contributed by atoms with E-state index in [0.717, 1.165) is 6.54 Å². The molecule has 0 heterocycles. The summed E-state index contributed by atoms with van der Waals surface area (Å²) in [6, 6.07) is 4.13. The van der Waals surface area contributed by atoms with E-state index in [1.807, 2.05) is 6.92 Å². The van der Waals surface area contributed by atoms with Crippen LogP contribution in [0.15, 0.2) is 18.2 Å². The first-order chi connectivity index (χ1) is 8.54. The Bertz CT molecular complexity index is 451. The minimum atomic E-state index is -0.578. The first kappa shape index (κ1) is 14.4. The predicted molar refractivity (Wildman–Crippen MR) is 69.9 cm³/mol. The van der Waals surface area contributed by atoms with Gasteiger partial charge < -0.3 is 10.6 Å². The minimum absolute atomic E-state index is 0.158. The van der Waals surface area contributed by atoms with Crippen LogP contribution < -0.4 is 10.6 Å². The number of benzene rings is 1. The van der Waals surface area contributed by atoms with Crippen LogP contribution in [0.25, 0.3) is 0 Å². The van der Waals surface area contributed by atoms with Crippen molar-refractivity contribution in [3.05, 3.63) is 33.3 Å². The fourth-order valence-electron chi connectivity index (χ4n) is 1.35. The molecule has 7 heteroatoms. The van der Waals surface area contributed by atoms with Gasteiger partial charge in [0.1, 0.15) is 5.69 Å². The van der Waals surface area contributed by atoms with Crippen molar-refractivity contribution in [2.24, 2.45) is 0 Å². The van der Waals surface area contributed by atoms with Gasteiger partial charge in [-0.05, 0) is 18.7 Å². The van der Waals surface area contributed by atoms with Crippen molar-refractivity contribution in [3.8, 4) is 0 Å². The molecular formula is C11H14ClN3O3. The van der Waals surface area contributed by atoms with Crippen LogP contribution in [-0.2, 0) is 4.79 Å². The quantitative estimate of drug-likeness (QED) is 0.472. The molecule has 1 rings (SSSR count). The molecular weight excluding hydrogens is 258 g/mol. The number of nitrogens with zero attached hydrogens (tertiary/aromatic N) is 1. The number of rotatable bonds is 6. The molecule has 1 aromatic carbocycles. The second kappa shape index (κ2) is 6.93. The molecule has 98 valence electrons. The van der Waals surface area contributed by atoms with Gasteiger partial charge in [-0.2, -0.15) is 0 Å². The lowest BCUT2D eigenvalue weighted by atomic mass is 10.2. The van der Waals surface area contributed by atoms with Crippen LogP contribution >= 0.6 is 11.6 Å². The summed E-state index contributed by atoms with van der Waals surface area (Å²) in [5.74, 6) is -0.277. The molecule has 18 heavy (non-hydrogen) atoms. The molecule has 0 saturated carbocycles. The maximum absolute atomic E-state index is 11.5. The van der Waals surface area contributed by atoms with Gasteiger partial charge in [-0.1, -0.05) is 18.5 Å². The molecule has 0 fully saturated rings. The van der Waals surface area contributed by atoms with Crippen molar-refractivity contribution in [1.82, 2.24) is 5.32 Å². The number of anilines is 1. The van der Waals surface area contributed by atoms with E-state index in [1.165, 1.54) is 18.2 Å². The molecule has 0 aliphatic heterocycles. The van der Waals surface area contributed by atoms with Crippen LogP contribution in [0.1, 0.15) is 13.3 Å². The topological polar surface area (TPSA) is 84.3 Å². The molecule has 0 radical (unpaired) electrons. The smallest absolute Gasteiger partial charge is 0.294 e. The number of nitro groups is 1. The van der Waals surface area contributed by atoms with Gasteiger partial charge in [-0.25, -0.2) is 0 Å². The number of halogens is 1. The van der Waals surface area contributed by atoms with Crippen molar-refractivity contribution >= 4 is 28.9 Å². The van der Waals surface area contributed by atoms with E-state index in [4.69, 9.17) is 11.6 Å². The molecule has 0 bridgehead atoms. The Morgan fingerprint density at radius 3 is 2.83 bits per heavy atom. The van der Waals surface area contributed by atoms with E-state index in [-0.39, 0.29) is 28.7 Å². The minimum Gasteiger partial charge on any atom is -0.320 e. The SMILES string of the molecule is CCNCCC(=O)Nc1ccc(Cl)cc1[N+](=O)[O-]. The molecule has 1 amide bonds. The van der Waals surface area contributed by atoms with Gasteiger partial charge in [-0.3, -0.25) is 14.9 Å². The van der Waals surface area contributed by atoms with Crippen molar-refractivity contribution in [3.63, 3.8) is 0 Å². The van der Waals surface area contributed by atoms with Gasteiger partial charge in [-0.15, -0.1) is 0 Å². The van der Waals surface area contributed by atoms with Crippen LogP contribution in [0.5, 0.6) is 0 Å². The monoisotopic (exact) mass is 271 g/mol. The summed E-state index contributed by atoms with van der Waals surface area (Å²) < 4.78 is 0. The molecule has 0 atom stereocenters. The lowest BCUT2D eigenvalue weighted by molar-refractivity contribution is -0.383. The average molecular weight is 272 g/mol. The lowest BCUT2D eigenvalue weighted by Gasteiger charge is -2.06. The van der Waals surface area contributed by atoms with Crippen molar-refractivity contribution < 1.29 is 9.72 Å². The zero-order chi connectivity index (χ0) is 13.5. The molecule has 0 saturated heterocycles. The fraction of sp³-hybridized carbons (Fsp3) is 0.364. The number of nitro benzene ring substituents is 1. The molecule has 2 N–H and O–H groups in total. The Morgan fingerprint density at radius 2 is 2.22 bits per heavy atom. The van der Waals surface area contributed by atoms with Crippen molar-refractivity contribution in [2.45, 2.75) is 13.3 Å². The first-order valence-corrected chi connectivity index (χ1v) is 5.87. The summed E-state index contributed by atoms with van der Waals surface area (Å²) in [4.78, 5) is 21.8. The Kier molecular flexibility index (Phi) is 5.54. The third-order valence-electron chi connectivity index (χ3n) is 2.21. The molecule has 0 spiro atoms. The highest BCUT2D eigenvalue weighted by Crippen LogP contribution is 2.27. The van der Waals surface area contributed by atoms with Gasteiger partial charge in [0.25, 0.3) is 5.69 Å². The maximum atomic E-state index is 11.5. The largest absolute Gasteiger partial charge is 0.320 e. The number of hydrogen-bond acceptors (Lipinski definition) is 4. The third kappa shape index (κ3) is 4.31. The Morgan fingerprint density at radius 1 is 1.50 bits per heavy atom. The molecule has 0 aromatic heterocycles. The molecule has 0 aliphatic carbocycles. The van der Waals surface area contributed by atoms with E-state index in [2.05, 4.69) is 10.6 Å². The van der Waals surface area contributed by atoms with Gasteiger partial charge in [0.15, 0.2) is 0 Å². The molecule has 6 nitrogen and oxygen atoms in total. The van der Waals surface area contributed by atoms with Crippen LogP contribution in [0.3, 0.4) is 0 Å². The molecule has 0 unspecified atom stereocenters. The van der Waals surface area contributed by atoms with Crippen molar-refractivity contribution in [1.29, 1.82) is 0 Å². The zero-order valence-corrected chi connectivity index (χ0v) is 10.7. The summed E-state index contributed by atoms with van der Waals surface area (Å²) >= 11 is 5.67. The van der Waals surface area contributed by atoms with E-state index >= 15 is 0 Å². The summed E-state index contributed by atoms with van der Waals surface area (Å²) in [6.07, 6.45) is 0.258. The van der Waals surface area contributed by atoms with Gasteiger partial charge in [0.2, 0.25) is 5.91 Å². The summed E-state index contributed by atoms with van der Waals surface area (Å²) in [6.45, 7) is 3.24. The summed E-state index contributed by atoms with van der Waals surface area (Å²) in [5.41, 5.74) is -0.0507. The summed E-state index contributed by atoms with van der Waals surface area (Å²) in [7, 11) is 0. The van der Waals surface area contributed by atoms with E-state index in [9.17, 15) is 14.9 Å². The molecule has 0 aliphatic rings. The summed E-state index contributed by atoms with van der Waals surface area (Å²) in [5, 5.41) is 16.6. The average Bonchev–Trinajstić information content (AvgIpc) is 2.31. The fourth-order valence-corrected chi connectivity index (χ4v) is 1.52. The zero-order valence-electron chi connectivity index (χ0n) is 9.90. The van der Waals surface area contributed by atoms with E-state index in [1.54, 1.807) is 0 Å². The second-order valence-corrected chi connectivity index (χ2v) is 4.01. The lowest BCUT2D eigenvalue weighted by Crippen LogP contribution is -2.21. The number of hydrogen-bond donors (Lipinski definition) is 2. The highest BCUT2D eigenvalue weighted by Gasteiger charge is 2.16. The number of amides is 1. The first-order valence-electron chi connectivity index (χ1n) is 5.49. The maximum Gasteiger partial charge on any atom is 0.294 e. The Labute approximate surface area is 109 Å². The van der Waals surface area contributed by atoms with Gasteiger partial charge in [0.05, 0.1) is 4.92 Å².